The van der Waals surface area contributed by atoms with Gasteiger partial charge in [-0.05, 0) is 32.0 Å². The molecule has 3 atom stereocenters. The normalized spacial score (nSPS) is 33.0. The number of piperazine rings is 1. The highest BCUT2D eigenvalue weighted by Gasteiger charge is 2.46. The fraction of sp³-hybridized carbons (Fsp3) is 0.789. The van der Waals surface area contributed by atoms with Gasteiger partial charge in [0.05, 0.1) is 18.7 Å². The second-order valence-corrected chi connectivity index (χ2v) is 7.60. The summed E-state index contributed by atoms with van der Waals surface area (Å²) in [6, 6.07) is 5.38. The molecule has 5 heteroatoms. The highest BCUT2D eigenvalue weighted by Crippen LogP contribution is 2.33. The maximum absolute atomic E-state index is 6.26. The molecule has 0 aromatic carbocycles. The van der Waals surface area contributed by atoms with Crippen LogP contribution in [0.1, 0.15) is 31.3 Å². The van der Waals surface area contributed by atoms with Crippen LogP contribution >= 0.6 is 0 Å². The van der Waals surface area contributed by atoms with Gasteiger partial charge in [-0.25, -0.2) is 0 Å². The van der Waals surface area contributed by atoms with Crippen molar-refractivity contribution in [2.24, 2.45) is 0 Å². The first-order chi connectivity index (χ1) is 11.7. The van der Waals surface area contributed by atoms with Crippen molar-refractivity contribution in [3.63, 3.8) is 0 Å². The predicted molar refractivity (Wildman–Crippen MR) is 94.1 cm³/mol. The molecule has 3 fully saturated rings. The van der Waals surface area contributed by atoms with Crippen molar-refractivity contribution in [2.75, 3.05) is 46.4 Å². The molecule has 0 N–H and O–H groups in total. The van der Waals surface area contributed by atoms with Gasteiger partial charge < -0.3 is 14.1 Å². The Morgan fingerprint density at radius 2 is 1.88 bits per heavy atom. The molecule has 1 aromatic heterocycles. The lowest BCUT2D eigenvalue weighted by Crippen LogP contribution is -2.54. The Morgan fingerprint density at radius 1 is 1.08 bits per heavy atom. The van der Waals surface area contributed by atoms with Crippen molar-refractivity contribution in [3.8, 4) is 0 Å². The molecular weight excluding hydrogens is 302 g/mol. The Bertz CT molecular complexity index is 538. The van der Waals surface area contributed by atoms with Gasteiger partial charge in [0, 0.05) is 51.8 Å². The minimum Gasteiger partial charge on any atom is -0.465 e. The number of hydrogen-bond acceptors (Lipinski definition) is 5. The smallest absolute Gasteiger partial charge is 0.118 e. The third-order valence-electron chi connectivity index (χ3n) is 6.04. The molecule has 134 valence electrons. The SMILES string of the molecule is CCc1ccc(CN2C[C@@H](N3CCN(C)CC3)[C@H]3OCCC[C@H]32)o1. The highest BCUT2D eigenvalue weighted by molar-refractivity contribution is 5.09. The molecule has 5 nitrogen and oxygen atoms in total. The highest BCUT2D eigenvalue weighted by atomic mass is 16.5. The number of nitrogens with zero attached hydrogens (tertiary/aromatic N) is 3. The fourth-order valence-corrected chi connectivity index (χ4v) is 4.58. The van der Waals surface area contributed by atoms with Crippen LogP contribution in [0.3, 0.4) is 0 Å². The molecule has 0 unspecified atom stereocenters. The van der Waals surface area contributed by atoms with E-state index >= 15 is 0 Å². The average molecular weight is 333 g/mol. The molecule has 0 spiro atoms. The summed E-state index contributed by atoms with van der Waals surface area (Å²) in [6.07, 6.45) is 3.80. The van der Waals surface area contributed by atoms with Crippen molar-refractivity contribution in [1.29, 1.82) is 0 Å². The summed E-state index contributed by atoms with van der Waals surface area (Å²) in [6.45, 7) is 9.80. The minimum absolute atomic E-state index is 0.378. The molecule has 0 amide bonds. The summed E-state index contributed by atoms with van der Waals surface area (Å²) < 4.78 is 12.2. The lowest BCUT2D eigenvalue weighted by atomic mass is 9.99. The summed E-state index contributed by atoms with van der Waals surface area (Å²) in [5.74, 6) is 2.20. The van der Waals surface area contributed by atoms with E-state index in [1.165, 1.54) is 39.0 Å². The Labute approximate surface area is 145 Å². The van der Waals surface area contributed by atoms with Crippen LogP contribution in [0.5, 0.6) is 0 Å². The van der Waals surface area contributed by atoms with Crippen molar-refractivity contribution >= 4 is 0 Å². The lowest BCUT2D eigenvalue weighted by Gasteiger charge is -2.39. The van der Waals surface area contributed by atoms with Crippen molar-refractivity contribution in [1.82, 2.24) is 14.7 Å². The number of furan rings is 1. The number of hydrogen-bond donors (Lipinski definition) is 0. The van der Waals surface area contributed by atoms with E-state index in [2.05, 4.69) is 40.8 Å². The number of fused-ring (bicyclic) bond motifs is 1. The zero-order valence-electron chi connectivity index (χ0n) is 15.1. The Kier molecular flexibility index (Phi) is 4.95. The molecule has 0 radical (unpaired) electrons. The maximum atomic E-state index is 6.26. The van der Waals surface area contributed by atoms with E-state index in [9.17, 15) is 0 Å². The van der Waals surface area contributed by atoms with Gasteiger partial charge in [-0.3, -0.25) is 9.80 Å². The number of aryl methyl sites for hydroxylation is 1. The van der Waals surface area contributed by atoms with Crippen LogP contribution in [0.2, 0.25) is 0 Å². The van der Waals surface area contributed by atoms with E-state index in [1.54, 1.807) is 0 Å². The van der Waals surface area contributed by atoms with Gasteiger partial charge in [-0.2, -0.15) is 0 Å². The van der Waals surface area contributed by atoms with Crippen molar-refractivity contribution in [2.45, 2.75) is 50.9 Å². The summed E-state index contributed by atoms with van der Waals surface area (Å²) in [7, 11) is 2.22. The first-order valence-electron chi connectivity index (χ1n) is 9.60. The van der Waals surface area contributed by atoms with Crippen LogP contribution in [-0.2, 0) is 17.7 Å². The third kappa shape index (κ3) is 3.27. The van der Waals surface area contributed by atoms with Crippen LogP contribution in [0.4, 0.5) is 0 Å². The van der Waals surface area contributed by atoms with Gasteiger partial charge in [-0.15, -0.1) is 0 Å². The molecule has 0 saturated carbocycles. The minimum atomic E-state index is 0.378. The first kappa shape index (κ1) is 16.6. The number of rotatable bonds is 4. The van der Waals surface area contributed by atoms with E-state index in [1.807, 2.05) is 0 Å². The molecule has 1 aromatic rings. The monoisotopic (exact) mass is 333 g/mol. The predicted octanol–water partition coefficient (Wildman–Crippen LogP) is 1.82. The van der Waals surface area contributed by atoms with E-state index in [4.69, 9.17) is 9.15 Å². The standard InChI is InChI=1S/C19H31N3O2/c1-3-15-6-7-16(24-15)13-22-14-18(19-17(22)5-4-12-23-19)21-10-8-20(2)9-11-21/h6-7,17-19H,3-5,8-14H2,1-2H3/t17-,18-,19+/m1/s1. The topological polar surface area (TPSA) is 32.1 Å². The Balaban J connectivity index is 1.46. The quantitative estimate of drug-likeness (QED) is 0.839. The summed E-state index contributed by atoms with van der Waals surface area (Å²) >= 11 is 0. The van der Waals surface area contributed by atoms with Crippen molar-refractivity contribution in [3.05, 3.63) is 23.7 Å². The van der Waals surface area contributed by atoms with Crippen LogP contribution in [0, 0.1) is 0 Å². The summed E-state index contributed by atoms with van der Waals surface area (Å²) in [4.78, 5) is 7.71. The first-order valence-corrected chi connectivity index (χ1v) is 9.60. The van der Waals surface area contributed by atoms with E-state index in [0.29, 0.717) is 18.2 Å². The number of likely N-dealkylation sites (N-methyl/N-ethyl adjacent to an activating group) is 1. The van der Waals surface area contributed by atoms with E-state index in [0.717, 1.165) is 37.6 Å². The van der Waals surface area contributed by atoms with Gasteiger partial charge in [0.25, 0.3) is 0 Å². The zero-order valence-corrected chi connectivity index (χ0v) is 15.1. The fourth-order valence-electron chi connectivity index (χ4n) is 4.58. The molecular formula is C19H31N3O2. The average Bonchev–Trinajstić information content (AvgIpc) is 3.21. The van der Waals surface area contributed by atoms with Crippen LogP contribution in [-0.4, -0.2) is 79.3 Å². The Hall–Kier alpha value is -0.880. The lowest BCUT2D eigenvalue weighted by molar-refractivity contribution is -0.0469. The molecule has 4 rings (SSSR count). The maximum Gasteiger partial charge on any atom is 0.118 e. The van der Waals surface area contributed by atoms with Gasteiger partial charge in [0.15, 0.2) is 0 Å². The largest absolute Gasteiger partial charge is 0.465 e. The molecule has 24 heavy (non-hydrogen) atoms. The second-order valence-electron chi connectivity index (χ2n) is 7.60. The molecule has 3 aliphatic rings. The van der Waals surface area contributed by atoms with Crippen LogP contribution in [0.25, 0.3) is 0 Å². The summed E-state index contributed by atoms with van der Waals surface area (Å²) in [5.41, 5.74) is 0. The molecule has 3 saturated heterocycles. The Morgan fingerprint density at radius 3 is 2.62 bits per heavy atom. The molecule has 0 bridgehead atoms. The number of likely N-dealkylation sites (tertiary alicyclic amines) is 1. The summed E-state index contributed by atoms with van der Waals surface area (Å²) in [5, 5.41) is 0. The van der Waals surface area contributed by atoms with Gasteiger partial charge in [0.2, 0.25) is 0 Å². The van der Waals surface area contributed by atoms with E-state index in [-0.39, 0.29) is 0 Å². The number of ether oxygens (including phenoxy) is 1. The molecule has 4 heterocycles. The molecule has 3 aliphatic heterocycles. The molecule has 0 aliphatic carbocycles. The van der Waals surface area contributed by atoms with Crippen LogP contribution < -0.4 is 0 Å². The van der Waals surface area contributed by atoms with Crippen LogP contribution in [0.15, 0.2) is 16.5 Å². The van der Waals surface area contributed by atoms with Gasteiger partial charge >= 0.3 is 0 Å². The van der Waals surface area contributed by atoms with Gasteiger partial charge in [-0.1, -0.05) is 6.92 Å². The third-order valence-corrected chi connectivity index (χ3v) is 6.04. The second kappa shape index (κ2) is 7.16. The zero-order chi connectivity index (χ0) is 16.5. The van der Waals surface area contributed by atoms with Gasteiger partial charge in [0.1, 0.15) is 11.5 Å². The van der Waals surface area contributed by atoms with E-state index < -0.39 is 0 Å². The van der Waals surface area contributed by atoms with Crippen molar-refractivity contribution < 1.29 is 9.15 Å².